The summed E-state index contributed by atoms with van der Waals surface area (Å²) in [5, 5.41) is 0. The summed E-state index contributed by atoms with van der Waals surface area (Å²) >= 11 is 0. The van der Waals surface area contributed by atoms with Crippen LogP contribution in [0.3, 0.4) is 0 Å². The molecule has 2 atom stereocenters. The van der Waals surface area contributed by atoms with E-state index in [4.69, 9.17) is 4.89 Å². The molecule has 1 heterocycles. The first kappa shape index (κ1) is 7.10. The summed E-state index contributed by atoms with van der Waals surface area (Å²) in [6.07, 6.45) is 2.33. The van der Waals surface area contributed by atoms with Gasteiger partial charge in [-0.2, -0.15) is 4.89 Å². The van der Waals surface area contributed by atoms with Crippen molar-refractivity contribution in [1.29, 1.82) is 0 Å². The monoisotopic (exact) mass is 156 g/mol. The third-order valence-electron chi connectivity index (χ3n) is 2.90. The highest BCUT2D eigenvalue weighted by molar-refractivity contribution is 5.74. The van der Waals surface area contributed by atoms with Crippen LogP contribution >= 0.6 is 0 Å². The van der Waals surface area contributed by atoms with Crippen molar-refractivity contribution < 1.29 is 14.6 Å². The van der Waals surface area contributed by atoms with Gasteiger partial charge >= 0.3 is 5.97 Å². The number of hydrogen-bond acceptors (Lipinski definition) is 3. The van der Waals surface area contributed by atoms with Gasteiger partial charge in [-0.3, -0.25) is 4.89 Å². The Morgan fingerprint density at radius 2 is 2.18 bits per heavy atom. The molecule has 1 aliphatic carbocycles. The first-order valence-electron chi connectivity index (χ1n) is 4.04. The average molecular weight is 156 g/mol. The summed E-state index contributed by atoms with van der Waals surface area (Å²) in [5.41, 5.74) is -0.336. The molecule has 2 fully saturated rings. The molecule has 3 heteroatoms. The Morgan fingerprint density at radius 1 is 1.55 bits per heavy atom. The van der Waals surface area contributed by atoms with Crippen molar-refractivity contribution in [2.24, 2.45) is 11.8 Å². The van der Waals surface area contributed by atoms with Gasteiger partial charge in [-0.25, -0.2) is 4.79 Å². The fourth-order valence-electron chi connectivity index (χ4n) is 1.59. The number of carbonyl (C=O) groups is 1. The molecule has 0 bridgehead atoms. The SMILES string of the molecule is CC1C(=O)OOC1(C)C1CC1. The van der Waals surface area contributed by atoms with Crippen LogP contribution in [0, 0.1) is 11.8 Å². The van der Waals surface area contributed by atoms with E-state index in [0.717, 1.165) is 12.8 Å². The molecule has 0 amide bonds. The van der Waals surface area contributed by atoms with Crippen molar-refractivity contribution in [3.05, 3.63) is 0 Å². The van der Waals surface area contributed by atoms with E-state index in [9.17, 15) is 4.79 Å². The van der Waals surface area contributed by atoms with Crippen LogP contribution in [-0.2, 0) is 14.6 Å². The first-order chi connectivity index (χ1) is 5.14. The van der Waals surface area contributed by atoms with Gasteiger partial charge in [0.25, 0.3) is 0 Å². The number of hydrogen-bond donors (Lipinski definition) is 0. The van der Waals surface area contributed by atoms with Gasteiger partial charge in [-0.15, -0.1) is 0 Å². The molecule has 2 rings (SSSR count). The van der Waals surface area contributed by atoms with Gasteiger partial charge in [0.15, 0.2) is 0 Å². The van der Waals surface area contributed by atoms with Crippen molar-refractivity contribution in [2.75, 3.05) is 0 Å². The second-order valence-corrected chi connectivity index (χ2v) is 3.67. The predicted molar refractivity (Wildman–Crippen MR) is 37.5 cm³/mol. The molecule has 0 N–H and O–H groups in total. The van der Waals surface area contributed by atoms with Gasteiger partial charge in [0.1, 0.15) is 5.60 Å². The van der Waals surface area contributed by atoms with Crippen LogP contribution in [-0.4, -0.2) is 11.6 Å². The topological polar surface area (TPSA) is 35.5 Å². The first-order valence-corrected chi connectivity index (χ1v) is 4.04. The van der Waals surface area contributed by atoms with Crippen LogP contribution in [0.1, 0.15) is 26.7 Å². The van der Waals surface area contributed by atoms with Crippen LogP contribution in [0.15, 0.2) is 0 Å². The fraction of sp³-hybridized carbons (Fsp3) is 0.875. The Kier molecular flexibility index (Phi) is 1.27. The van der Waals surface area contributed by atoms with Crippen molar-refractivity contribution >= 4 is 5.97 Å². The zero-order valence-corrected chi connectivity index (χ0v) is 6.79. The molecule has 0 radical (unpaired) electrons. The Bertz CT molecular complexity index is 198. The molecule has 0 aromatic heterocycles. The zero-order chi connectivity index (χ0) is 8.06. The standard InChI is InChI=1S/C8H12O3/c1-5-7(9)10-11-8(5,2)6-3-4-6/h5-6H,3-4H2,1-2H3. The van der Waals surface area contributed by atoms with Crippen LogP contribution in [0.2, 0.25) is 0 Å². The Morgan fingerprint density at radius 3 is 2.55 bits per heavy atom. The van der Waals surface area contributed by atoms with Crippen LogP contribution < -0.4 is 0 Å². The second kappa shape index (κ2) is 1.97. The lowest BCUT2D eigenvalue weighted by Gasteiger charge is -2.21. The molecule has 2 unspecified atom stereocenters. The highest BCUT2D eigenvalue weighted by Gasteiger charge is 2.55. The molecule has 11 heavy (non-hydrogen) atoms. The predicted octanol–water partition coefficient (Wildman–Crippen LogP) is 1.28. The molecular formula is C8H12O3. The van der Waals surface area contributed by atoms with Gasteiger partial charge in [-0.1, -0.05) is 0 Å². The molecule has 62 valence electrons. The number of carbonyl (C=O) groups excluding carboxylic acids is 1. The van der Waals surface area contributed by atoms with Gasteiger partial charge < -0.3 is 0 Å². The lowest BCUT2D eigenvalue weighted by atomic mass is 9.87. The molecule has 0 spiro atoms. The van der Waals surface area contributed by atoms with Crippen molar-refractivity contribution in [3.63, 3.8) is 0 Å². The lowest BCUT2D eigenvalue weighted by Crippen LogP contribution is -2.34. The van der Waals surface area contributed by atoms with Crippen LogP contribution in [0.4, 0.5) is 0 Å². The summed E-state index contributed by atoms with van der Waals surface area (Å²) < 4.78 is 0. The molecule has 2 aliphatic rings. The molecule has 0 aromatic rings. The third-order valence-corrected chi connectivity index (χ3v) is 2.90. The Balaban J connectivity index is 2.18. The maximum atomic E-state index is 11.0. The Hall–Kier alpha value is -0.570. The molecule has 3 nitrogen and oxygen atoms in total. The maximum Gasteiger partial charge on any atom is 0.348 e. The van der Waals surface area contributed by atoms with Crippen molar-refractivity contribution in [1.82, 2.24) is 0 Å². The van der Waals surface area contributed by atoms with E-state index in [1.807, 2.05) is 13.8 Å². The van der Waals surface area contributed by atoms with E-state index in [1.165, 1.54) is 0 Å². The Labute approximate surface area is 65.6 Å². The minimum absolute atomic E-state index is 0.102. The van der Waals surface area contributed by atoms with Crippen molar-refractivity contribution in [3.8, 4) is 0 Å². The maximum absolute atomic E-state index is 11.0. The third kappa shape index (κ3) is 0.872. The average Bonchev–Trinajstić information content (AvgIpc) is 2.77. The zero-order valence-electron chi connectivity index (χ0n) is 6.79. The summed E-state index contributed by atoms with van der Waals surface area (Å²) in [4.78, 5) is 20.6. The molecule has 1 saturated heterocycles. The van der Waals surface area contributed by atoms with E-state index in [1.54, 1.807) is 0 Å². The normalized spacial score (nSPS) is 44.2. The number of rotatable bonds is 1. The van der Waals surface area contributed by atoms with E-state index < -0.39 is 0 Å². The van der Waals surface area contributed by atoms with E-state index in [-0.39, 0.29) is 17.5 Å². The lowest BCUT2D eigenvalue weighted by molar-refractivity contribution is -0.296. The van der Waals surface area contributed by atoms with Crippen molar-refractivity contribution in [2.45, 2.75) is 32.3 Å². The minimum atomic E-state index is -0.336. The molecule has 1 aliphatic heterocycles. The van der Waals surface area contributed by atoms with Gasteiger partial charge in [0, 0.05) is 0 Å². The molecular weight excluding hydrogens is 144 g/mol. The largest absolute Gasteiger partial charge is 0.348 e. The van der Waals surface area contributed by atoms with E-state index in [0.29, 0.717) is 5.92 Å². The van der Waals surface area contributed by atoms with Gasteiger partial charge in [-0.05, 0) is 32.6 Å². The molecule has 0 aromatic carbocycles. The van der Waals surface area contributed by atoms with E-state index in [2.05, 4.69) is 4.89 Å². The highest BCUT2D eigenvalue weighted by Crippen LogP contribution is 2.48. The summed E-state index contributed by atoms with van der Waals surface area (Å²) in [6, 6.07) is 0. The summed E-state index contributed by atoms with van der Waals surface area (Å²) in [5.74, 6) is 0.207. The van der Waals surface area contributed by atoms with Gasteiger partial charge in [0.05, 0.1) is 5.92 Å². The van der Waals surface area contributed by atoms with E-state index >= 15 is 0 Å². The summed E-state index contributed by atoms with van der Waals surface area (Å²) in [6.45, 7) is 3.83. The van der Waals surface area contributed by atoms with Gasteiger partial charge in [0.2, 0.25) is 0 Å². The summed E-state index contributed by atoms with van der Waals surface area (Å²) in [7, 11) is 0. The van der Waals surface area contributed by atoms with Crippen LogP contribution in [0.5, 0.6) is 0 Å². The van der Waals surface area contributed by atoms with Crippen LogP contribution in [0.25, 0.3) is 0 Å². The highest BCUT2D eigenvalue weighted by atomic mass is 17.2. The quantitative estimate of drug-likeness (QED) is 0.536. The minimum Gasteiger partial charge on any atom is -0.297 e. The second-order valence-electron chi connectivity index (χ2n) is 3.67. The fourth-order valence-corrected chi connectivity index (χ4v) is 1.59. The smallest absolute Gasteiger partial charge is 0.297 e. The molecule has 1 saturated carbocycles.